The lowest BCUT2D eigenvalue weighted by Crippen LogP contribution is -2.20. The van der Waals surface area contributed by atoms with E-state index in [2.05, 4.69) is 4.74 Å². The summed E-state index contributed by atoms with van der Waals surface area (Å²) in [5.41, 5.74) is 5.59. The van der Waals surface area contributed by atoms with Crippen molar-refractivity contribution in [1.82, 2.24) is 0 Å². The number of aliphatic hydroxyl groups is 2. The SMILES string of the molecule is COC(C)(C)O.NC1CCC(CO)C1. The minimum atomic E-state index is -0.958. The minimum Gasteiger partial charge on any atom is -0.396 e. The van der Waals surface area contributed by atoms with Crippen LogP contribution >= 0.6 is 0 Å². The van der Waals surface area contributed by atoms with Gasteiger partial charge in [0.25, 0.3) is 0 Å². The maximum atomic E-state index is 8.63. The van der Waals surface area contributed by atoms with E-state index >= 15 is 0 Å². The van der Waals surface area contributed by atoms with Crippen LogP contribution in [0.1, 0.15) is 33.1 Å². The van der Waals surface area contributed by atoms with Crippen molar-refractivity contribution >= 4 is 0 Å². The zero-order valence-electron chi connectivity index (χ0n) is 9.36. The van der Waals surface area contributed by atoms with Gasteiger partial charge in [-0.2, -0.15) is 0 Å². The average molecular weight is 205 g/mol. The molecule has 0 spiro atoms. The van der Waals surface area contributed by atoms with E-state index in [1.807, 2.05) is 0 Å². The van der Waals surface area contributed by atoms with E-state index < -0.39 is 5.79 Å². The molecule has 1 fully saturated rings. The molecule has 1 saturated carbocycles. The van der Waals surface area contributed by atoms with Gasteiger partial charge in [-0.05, 0) is 39.0 Å². The van der Waals surface area contributed by atoms with Gasteiger partial charge in [-0.1, -0.05) is 0 Å². The van der Waals surface area contributed by atoms with Crippen molar-refractivity contribution in [2.75, 3.05) is 13.7 Å². The van der Waals surface area contributed by atoms with E-state index in [1.54, 1.807) is 13.8 Å². The summed E-state index contributed by atoms with van der Waals surface area (Å²) in [6.07, 6.45) is 3.25. The number of nitrogens with two attached hydrogens (primary N) is 1. The van der Waals surface area contributed by atoms with Gasteiger partial charge in [0.15, 0.2) is 5.79 Å². The molecule has 0 bridgehead atoms. The molecule has 4 N–H and O–H groups in total. The predicted molar refractivity (Wildman–Crippen MR) is 55.7 cm³/mol. The quantitative estimate of drug-likeness (QED) is 0.573. The molecule has 0 saturated heterocycles. The van der Waals surface area contributed by atoms with Gasteiger partial charge < -0.3 is 20.7 Å². The molecule has 14 heavy (non-hydrogen) atoms. The number of aliphatic hydroxyl groups excluding tert-OH is 1. The highest BCUT2D eigenvalue weighted by molar-refractivity contribution is 4.76. The zero-order chi connectivity index (χ0) is 11.2. The van der Waals surface area contributed by atoms with Gasteiger partial charge >= 0.3 is 0 Å². The van der Waals surface area contributed by atoms with Crippen LogP contribution in [0.25, 0.3) is 0 Å². The van der Waals surface area contributed by atoms with Gasteiger partial charge in [0.05, 0.1) is 0 Å². The molecule has 86 valence electrons. The summed E-state index contributed by atoms with van der Waals surface area (Å²) in [5, 5.41) is 17.2. The Bertz CT molecular complexity index is 145. The topological polar surface area (TPSA) is 75.7 Å². The first-order chi connectivity index (χ1) is 6.39. The van der Waals surface area contributed by atoms with Crippen molar-refractivity contribution in [2.45, 2.75) is 44.9 Å². The Hall–Kier alpha value is -0.160. The maximum absolute atomic E-state index is 8.63. The van der Waals surface area contributed by atoms with Gasteiger partial charge in [0.1, 0.15) is 0 Å². The number of hydrogen-bond acceptors (Lipinski definition) is 4. The van der Waals surface area contributed by atoms with Crippen molar-refractivity contribution in [3.63, 3.8) is 0 Å². The molecular formula is C10H23NO3. The average Bonchev–Trinajstić information content (AvgIpc) is 2.51. The summed E-state index contributed by atoms with van der Waals surface area (Å²) in [5.74, 6) is -0.454. The van der Waals surface area contributed by atoms with Gasteiger partial charge in [0.2, 0.25) is 0 Å². The van der Waals surface area contributed by atoms with Crippen LogP contribution < -0.4 is 5.73 Å². The Kier molecular flexibility index (Phi) is 6.27. The fourth-order valence-corrected chi connectivity index (χ4v) is 1.28. The summed E-state index contributed by atoms with van der Waals surface area (Å²) in [6.45, 7) is 3.48. The Labute approximate surface area is 86.1 Å². The van der Waals surface area contributed by atoms with Gasteiger partial charge in [-0.15, -0.1) is 0 Å². The Morgan fingerprint density at radius 2 is 1.93 bits per heavy atom. The molecular weight excluding hydrogens is 182 g/mol. The highest BCUT2D eigenvalue weighted by Gasteiger charge is 2.19. The molecule has 0 aromatic carbocycles. The molecule has 0 aromatic rings. The predicted octanol–water partition coefficient (Wildman–Crippen LogP) is 0.467. The molecule has 0 radical (unpaired) electrons. The van der Waals surface area contributed by atoms with Crippen LogP contribution in [0.4, 0.5) is 0 Å². The van der Waals surface area contributed by atoms with Crippen LogP contribution in [0.2, 0.25) is 0 Å². The molecule has 0 amide bonds. The molecule has 0 aliphatic heterocycles. The zero-order valence-corrected chi connectivity index (χ0v) is 9.36. The van der Waals surface area contributed by atoms with E-state index in [4.69, 9.17) is 15.9 Å². The fraction of sp³-hybridized carbons (Fsp3) is 1.00. The van der Waals surface area contributed by atoms with Gasteiger partial charge in [-0.25, -0.2) is 0 Å². The summed E-state index contributed by atoms with van der Waals surface area (Å²) in [7, 11) is 1.46. The highest BCUT2D eigenvalue weighted by Crippen LogP contribution is 2.22. The molecule has 1 aliphatic rings. The first-order valence-electron chi connectivity index (χ1n) is 5.03. The molecule has 2 unspecified atom stereocenters. The second-order valence-electron chi connectivity index (χ2n) is 4.27. The lowest BCUT2D eigenvalue weighted by atomic mass is 10.1. The molecule has 1 rings (SSSR count). The molecule has 4 nitrogen and oxygen atoms in total. The van der Waals surface area contributed by atoms with Crippen molar-refractivity contribution < 1.29 is 14.9 Å². The van der Waals surface area contributed by atoms with Crippen molar-refractivity contribution in [3.05, 3.63) is 0 Å². The van der Waals surface area contributed by atoms with E-state index in [-0.39, 0.29) is 0 Å². The van der Waals surface area contributed by atoms with Crippen LogP contribution in [0, 0.1) is 5.92 Å². The number of ether oxygens (including phenoxy) is 1. The van der Waals surface area contributed by atoms with Gasteiger partial charge in [0, 0.05) is 19.8 Å². The third-order valence-corrected chi connectivity index (χ3v) is 2.34. The number of methoxy groups -OCH3 is 1. The second kappa shape index (κ2) is 6.35. The minimum absolute atomic E-state index is 0.327. The summed E-state index contributed by atoms with van der Waals surface area (Å²) >= 11 is 0. The first kappa shape index (κ1) is 13.8. The first-order valence-corrected chi connectivity index (χ1v) is 5.03. The molecule has 1 aliphatic carbocycles. The summed E-state index contributed by atoms with van der Waals surface area (Å²) < 4.78 is 4.49. The Balaban J connectivity index is 0.000000255. The molecule has 2 atom stereocenters. The molecule has 0 heterocycles. The maximum Gasteiger partial charge on any atom is 0.159 e. The fourth-order valence-electron chi connectivity index (χ4n) is 1.28. The normalized spacial score (nSPS) is 27.0. The smallest absolute Gasteiger partial charge is 0.159 e. The third kappa shape index (κ3) is 7.26. The van der Waals surface area contributed by atoms with Crippen molar-refractivity contribution in [2.24, 2.45) is 11.7 Å². The van der Waals surface area contributed by atoms with E-state index in [1.165, 1.54) is 7.11 Å². The second-order valence-corrected chi connectivity index (χ2v) is 4.27. The van der Waals surface area contributed by atoms with E-state index in [9.17, 15) is 0 Å². The van der Waals surface area contributed by atoms with E-state index in [0.29, 0.717) is 18.6 Å². The monoisotopic (exact) mass is 205 g/mol. The van der Waals surface area contributed by atoms with Gasteiger partial charge in [-0.3, -0.25) is 0 Å². The largest absolute Gasteiger partial charge is 0.396 e. The van der Waals surface area contributed by atoms with Crippen molar-refractivity contribution in [3.8, 4) is 0 Å². The Morgan fingerprint density at radius 3 is 2.07 bits per heavy atom. The molecule has 0 aromatic heterocycles. The molecule has 4 heteroatoms. The van der Waals surface area contributed by atoms with Crippen LogP contribution in [0.5, 0.6) is 0 Å². The van der Waals surface area contributed by atoms with Crippen LogP contribution in [0.15, 0.2) is 0 Å². The van der Waals surface area contributed by atoms with Crippen molar-refractivity contribution in [1.29, 1.82) is 0 Å². The van der Waals surface area contributed by atoms with Crippen LogP contribution in [0.3, 0.4) is 0 Å². The van der Waals surface area contributed by atoms with Crippen LogP contribution in [-0.2, 0) is 4.74 Å². The summed E-state index contributed by atoms with van der Waals surface area (Å²) in [4.78, 5) is 0. The number of rotatable bonds is 2. The highest BCUT2D eigenvalue weighted by atomic mass is 16.6. The number of hydrogen-bond donors (Lipinski definition) is 3. The summed E-state index contributed by atoms with van der Waals surface area (Å²) in [6, 6.07) is 0.368. The Morgan fingerprint density at radius 1 is 1.43 bits per heavy atom. The third-order valence-electron chi connectivity index (χ3n) is 2.34. The standard InChI is InChI=1S/C6H13NO.C4H10O2/c7-6-2-1-5(3-6)4-8;1-4(2,5)6-3/h5-6,8H,1-4,7H2;5H,1-3H3. The lowest BCUT2D eigenvalue weighted by Gasteiger charge is -2.12. The van der Waals surface area contributed by atoms with E-state index in [0.717, 1.165) is 19.3 Å². The lowest BCUT2D eigenvalue weighted by molar-refractivity contribution is -0.155. The van der Waals surface area contributed by atoms with Crippen LogP contribution in [-0.4, -0.2) is 35.8 Å².